The minimum absolute atomic E-state index is 0.180. The van der Waals surface area contributed by atoms with Gasteiger partial charge in [-0.2, -0.15) is 0 Å². The summed E-state index contributed by atoms with van der Waals surface area (Å²) >= 11 is 0. The summed E-state index contributed by atoms with van der Waals surface area (Å²) in [4.78, 5) is 24.6. The van der Waals surface area contributed by atoms with Crippen LogP contribution in [-0.4, -0.2) is 19.2 Å². The minimum Gasteiger partial charge on any atom is -0.497 e. The maximum absolute atomic E-state index is 13.4. The highest BCUT2D eigenvalue weighted by Gasteiger charge is 2.24. The van der Waals surface area contributed by atoms with Gasteiger partial charge in [0.2, 0.25) is 5.78 Å². The van der Waals surface area contributed by atoms with Crippen molar-refractivity contribution in [1.82, 2.24) is 0 Å². The lowest BCUT2D eigenvalue weighted by atomic mass is 9.94. The van der Waals surface area contributed by atoms with Crippen LogP contribution < -0.4 is 4.74 Å². The molecular weight excluding hydrogens is 388 g/mol. The first kappa shape index (κ1) is 18.8. The molecular formula is C27H18O4. The third kappa shape index (κ3) is 3.19. The predicted octanol–water partition coefficient (Wildman–Crippen LogP) is 6.31. The lowest BCUT2D eigenvalue weighted by molar-refractivity contribution is 0.101. The quantitative estimate of drug-likeness (QED) is 0.254. The fraction of sp³-hybridized carbons (Fsp3) is 0.0370. The maximum atomic E-state index is 13.4. The SMILES string of the molecule is COc1ccc(-c2c(C(=O)c3ccccc3)oc3ccc4cc(C=O)ccc4c23)cc1. The molecule has 5 rings (SSSR count). The molecule has 0 aliphatic carbocycles. The Balaban J connectivity index is 1.84. The number of aldehydes is 1. The van der Waals surface area contributed by atoms with E-state index < -0.39 is 0 Å². The number of ether oxygens (including phenoxy) is 1. The second-order valence-electron chi connectivity index (χ2n) is 7.27. The van der Waals surface area contributed by atoms with Crippen LogP contribution in [0.25, 0.3) is 32.9 Å². The van der Waals surface area contributed by atoms with Gasteiger partial charge in [-0.3, -0.25) is 9.59 Å². The molecule has 4 aromatic carbocycles. The zero-order chi connectivity index (χ0) is 21.4. The van der Waals surface area contributed by atoms with E-state index in [1.165, 1.54) is 0 Å². The van der Waals surface area contributed by atoms with Crippen molar-refractivity contribution in [3.63, 3.8) is 0 Å². The van der Waals surface area contributed by atoms with Crippen molar-refractivity contribution in [2.45, 2.75) is 0 Å². The van der Waals surface area contributed by atoms with Crippen molar-refractivity contribution in [3.05, 3.63) is 102 Å². The Morgan fingerprint density at radius 3 is 2.39 bits per heavy atom. The van der Waals surface area contributed by atoms with Gasteiger partial charge in [0.15, 0.2) is 5.76 Å². The third-order valence-corrected chi connectivity index (χ3v) is 5.45. The van der Waals surface area contributed by atoms with E-state index in [0.717, 1.165) is 39.3 Å². The summed E-state index contributed by atoms with van der Waals surface area (Å²) in [6, 6.07) is 25.9. The number of carbonyl (C=O) groups is 2. The first-order valence-corrected chi connectivity index (χ1v) is 9.88. The lowest BCUT2D eigenvalue weighted by Crippen LogP contribution is -2.01. The lowest BCUT2D eigenvalue weighted by Gasteiger charge is -2.07. The summed E-state index contributed by atoms with van der Waals surface area (Å²) in [7, 11) is 1.62. The second kappa shape index (κ2) is 7.58. The van der Waals surface area contributed by atoms with E-state index in [1.54, 1.807) is 25.3 Å². The van der Waals surface area contributed by atoms with E-state index in [0.29, 0.717) is 22.5 Å². The van der Waals surface area contributed by atoms with Crippen molar-refractivity contribution in [2.24, 2.45) is 0 Å². The average molecular weight is 406 g/mol. The molecule has 0 saturated heterocycles. The first-order chi connectivity index (χ1) is 15.2. The number of methoxy groups -OCH3 is 1. The molecule has 4 heteroatoms. The van der Waals surface area contributed by atoms with Crippen LogP contribution in [0, 0.1) is 0 Å². The highest BCUT2D eigenvalue weighted by molar-refractivity contribution is 6.21. The van der Waals surface area contributed by atoms with Gasteiger partial charge >= 0.3 is 0 Å². The van der Waals surface area contributed by atoms with Crippen molar-refractivity contribution in [3.8, 4) is 16.9 Å². The number of hydrogen-bond acceptors (Lipinski definition) is 4. The van der Waals surface area contributed by atoms with Gasteiger partial charge in [0.1, 0.15) is 17.6 Å². The van der Waals surface area contributed by atoms with Crippen LogP contribution in [0.5, 0.6) is 5.75 Å². The first-order valence-electron chi connectivity index (χ1n) is 9.88. The van der Waals surface area contributed by atoms with E-state index >= 15 is 0 Å². The number of hydrogen-bond donors (Lipinski definition) is 0. The van der Waals surface area contributed by atoms with Crippen LogP contribution in [-0.2, 0) is 0 Å². The third-order valence-electron chi connectivity index (χ3n) is 5.45. The molecule has 1 heterocycles. The number of rotatable bonds is 5. The maximum Gasteiger partial charge on any atom is 0.228 e. The van der Waals surface area contributed by atoms with Gasteiger partial charge in [-0.05, 0) is 40.6 Å². The van der Waals surface area contributed by atoms with Crippen LogP contribution in [0.15, 0.2) is 89.3 Å². The fourth-order valence-electron chi connectivity index (χ4n) is 3.93. The smallest absolute Gasteiger partial charge is 0.228 e. The van der Waals surface area contributed by atoms with E-state index in [4.69, 9.17) is 9.15 Å². The molecule has 0 N–H and O–H groups in total. The molecule has 0 radical (unpaired) electrons. The Morgan fingerprint density at radius 2 is 1.68 bits per heavy atom. The van der Waals surface area contributed by atoms with E-state index in [2.05, 4.69) is 0 Å². The largest absolute Gasteiger partial charge is 0.497 e. The monoisotopic (exact) mass is 406 g/mol. The van der Waals surface area contributed by atoms with Crippen LogP contribution in [0.1, 0.15) is 26.5 Å². The fourth-order valence-corrected chi connectivity index (χ4v) is 3.93. The molecule has 150 valence electrons. The summed E-state index contributed by atoms with van der Waals surface area (Å²) < 4.78 is 11.4. The van der Waals surface area contributed by atoms with Crippen LogP contribution in [0.2, 0.25) is 0 Å². The van der Waals surface area contributed by atoms with Gasteiger partial charge in [-0.25, -0.2) is 0 Å². The van der Waals surface area contributed by atoms with Gasteiger partial charge in [0.05, 0.1) is 7.11 Å². The number of furan rings is 1. The molecule has 0 bridgehead atoms. The molecule has 0 aliphatic heterocycles. The number of fused-ring (bicyclic) bond motifs is 3. The zero-order valence-corrected chi connectivity index (χ0v) is 16.8. The predicted molar refractivity (Wildman–Crippen MR) is 121 cm³/mol. The van der Waals surface area contributed by atoms with Crippen molar-refractivity contribution in [2.75, 3.05) is 7.11 Å². The number of ketones is 1. The van der Waals surface area contributed by atoms with Gasteiger partial charge in [-0.15, -0.1) is 0 Å². The average Bonchev–Trinajstić information content (AvgIpc) is 3.23. The summed E-state index contributed by atoms with van der Waals surface area (Å²) in [5, 5.41) is 2.68. The van der Waals surface area contributed by atoms with Crippen molar-refractivity contribution < 1.29 is 18.7 Å². The molecule has 0 aliphatic rings. The van der Waals surface area contributed by atoms with E-state index in [9.17, 15) is 9.59 Å². The molecule has 4 nitrogen and oxygen atoms in total. The van der Waals surface area contributed by atoms with Gasteiger partial charge in [-0.1, -0.05) is 60.7 Å². The highest BCUT2D eigenvalue weighted by atomic mass is 16.5. The van der Waals surface area contributed by atoms with Crippen LogP contribution in [0.4, 0.5) is 0 Å². The summed E-state index contributed by atoms with van der Waals surface area (Å²) in [5.41, 5.74) is 3.36. The second-order valence-corrected chi connectivity index (χ2v) is 7.27. The Hall–Kier alpha value is -4.18. The highest BCUT2D eigenvalue weighted by Crippen LogP contribution is 2.40. The normalized spacial score (nSPS) is 11.0. The molecule has 0 atom stereocenters. The van der Waals surface area contributed by atoms with E-state index in [1.807, 2.05) is 66.7 Å². The molecule has 0 spiro atoms. The molecule has 5 aromatic rings. The van der Waals surface area contributed by atoms with Crippen LogP contribution >= 0.6 is 0 Å². The van der Waals surface area contributed by atoms with E-state index in [-0.39, 0.29) is 5.78 Å². The molecule has 0 fully saturated rings. The summed E-state index contributed by atoms with van der Waals surface area (Å²) in [6.07, 6.45) is 0.827. The Kier molecular flexibility index (Phi) is 4.60. The van der Waals surface area contributed by atoms with Crippen molar-refractivity contribution >= 4 is 33.8 Å². The number of benzene rings is 4. The molecule has 31 heavy (non-hydrogen) atoms. The van der Waals surface area contributed by atoms with Gasteiger partial charge in [0.25, 0.3) is 0 Å². The summed E-state index contributed by atoms with van der Waals surface area (Å²) in [6.45, 7) is 0. The number of carbonyl (C=O) groups excluding carboxylic acids is 2. The van der Waals surface area contributed by atoms with Gasteiger partial charge in [0, 0.05) is 22.1 Å². The van der Waals surface area contributed by atoms with Crippen LogP contribution in [0.3, 0.4) is 0 Å². The summed E-state index contributed by atoms with van der Waals surface area (Å²) in [5.74, 6) is 0.839. The minimum atomic E-state index is -0.180. The van der Waals surface area contributed by atoms with Gasteiger partial charge < -0.3 is 9.15 Å². The molecule has 0 amide bonds. The topological polar surface area (TPSA) is 56.5 Å². The Morgan fingerprint density at radius 1 is 0.903 bits per heavy atom. The zero-order valence-electron chi connectivity index (χ0n) is 16.8. The Bertz CT molecular complexity index is 1430. The Labute approximate surface area is 178 Å². The molecule has 0 unspecified atom stereocenters. The molecule has 1 aromatic heterocycles. The molecule has 0 saturated carbocycles. The van der Waals surface area contributed by atoms with Crippen molar-refractivity contribution in [1.29, 1.82) is 0 Å². The standard InChI is InChI=1S/C27H18O4/c1-30-21-11-8-18(9-12-21)24-25-22-13-7-17(16-28)15-20(22)10-14-23(25)31-27(24)26(29)19-5-3-2-4-6-19/h2-16H,1H3.